The number of ketones is 1. The van der Waals surface area contributed by atoms with Crippen molar-refractivity contribution in [2.75, 3.05) is 13.2 Å². The van der Waals surface area contributed by atoms with E-state index in [-0.39, 0.29) is 18.2 Å². The van der Waals surface area contributed by atoms with E-state index in [9.17, 15) is 9.18 Å². The maximum absolute atomic E-state index is 12.6. The lowest BCUT2D eigenvalue weighted by molar-refractivity contribution is 0.0753. The molecule has 0 amide bonds. The predicted octanol–water partition coefficient (Wildman–Crippen LogP) is 3.22. The second-order valence-electron chi connectivity index (χ2n) is 3.69. The van der Waals surface area contributed by atoms with Crippen molar-refractivity contribution in [3.63, 3.8) is 0 Å². The second-order valence-corrected chi connectivity index (χ2v) is 3.69. The molecule has 0 saturated heterocycles. The summed E-state index contributed by atoms with van der Waals surface area (Å²) in [5, 5.41) is 0. The van der Waals surface area contributed by atoms with Crippen molar-refractivity contribution >= 4 is 5.78 Å². The van der Waals surface area contributed by atoms with E-state index in [1.807, 2.05) is 0 Å². The molecule has 0 aliphatic carbocycles. The Morgan fingerprint density at radius 2 is 1.94 bits per heavy atom. The topological polar surface area (TPSA) is 26.3 Å². The molecule has 0 unspecified atom stereocenters. The fourth-order valence-electron chi connectivity index (χ4n) is 1.34. The first kappa shape index (κ1) is 12.8. The van der Waals surface area contributed by atoms with Crippen LogP contribution in [0.2, 0.25) is 0 Å². The van der Waals surface area contributed by atoms with Crippen LogP contribution in [0.4, 0.5) is 4.39 Å². The van der Waals surface area contributed by atoms with Crippen LogP contribution in [0.15, 0.2) is 24.3 Å². The standard InChI is InChI=1S/C13H17FO2/c1-2-3-4-9-16-10-13(15)11-5-7-12(14)8-6-11/h5-8H,2-4,9-10H2,1H3. The van der Waals surface area contributed by atoms with E-state index >= 15 is 0 Å². The van der Waals surface area contributed by atoms with E-state index in [1.54, 1.807) is 0 Å². The zero-order valence-corrected chi connectivity index (χ0v) is 9.54. The van der Waals surface area contributed by atoms with Crippen LogP contribution in [0.5, 0.6) is 0 Å². The van der Waals surface area contributed by atoms with Crippen LogP contribution in [0.3, 0.4) is 0 Å². The number of hydrogen-bond acceptors (Lipinski definition) is 2. The van der Waals surface area contributed by atoms with Crippen LogP contribution in [0, 0.1) is 5.82 Å². The Kier molecular flexibility index (Phi) is 5.72. The van der Waals surface area contributed by atoms with Crippen LogP contribution >= 0.6 is 0 Å². The van der Waals surface area contributed by atoms with Crippen molar-refractivity contribution < 1.29 is 13.9 Å². The molecule has 0 spiro atoms. The highest BCUT2D eigenvalue weighted by Crippen LogP contribution is 2.04. The quantitative estimate of drug-likeness (QED) is 0.525. The van der Waals surface area contributed by atoms with Crippen molar-refractivity contribution in [3.8, 4) is 0 Å². The highest BCUT2D eigenvalue weighted by Gasteiger charge is 2.05. The Morgan fingerprint density at radius 3 is 2.56 bits per heavy atom. The van der Waals surface area contributed by atoms with Gasteiger partial charge in [0.1, 0.15) is 12.4 Å². The smallest absolute Gasteiger partial charge is 0.188 e. The summed E-state index contributed by atoms with van der Waals surface area (Å²) >= 11 is 0. The minimum atomic E-state index is -0.333. The summed E-state index contributed by atoms with van der Waals surface area (Å²) in [6.07, 6.45) is 3.23. The Hall–Kier alpha value is -1.22. The Balaban J connectivity index is 2.27. The molecule has 0 saturated carbocycles. The van der Waals surface area contributed by atoms with Gasteiger partial charge in [0.15, 0.2) is 5.78 Å². The number of hydrogen-bond donors (Lipinski definition) is 0. The Bertz CT molecular complexity index is 319. The van der Waals surface area contributed by atoms with Crippen LogP contribution in [-0.4, -0.2) is 19.0 Å². The first-order valence-corrected chi connectivity index (χ1v) is 5.60. The molecular formula is C13H17FO2. The Labute approximate surface area is 95.4 Å². The largest absolute Gasteiger partial charge is 0.373 e. The normalized spacial score (nSPS) is 10.4. The molecule has 0 atom stereocenters. The minimum Gasteiger partial charge on any atom is -0.373 e. The van der Waals surface area contributed by atoms with Gasteiger partial charge in [0.2, 0.25) is 0 Å². The zero-order valence-electron chi connectivity index (χ0n) is 9.54. The van der Waals surface area contributed by atoms with Gasteiger partial charge >= 0.3 is 0 Å². The molecule has 1 aromatic rings. The number of unbranched alkanes of at least 4 members (excludes halogenated alkanes) is 2. The van der Waals surface area contributed by atoms with Gasteiger partial charge < -0.3 is 4.74 Å². The summed E-state index contributed by atoms with van der Waals surface area (Å²) in [6.45, 7) is 2.81. The minimum absolute atomic E-state index is 0.0787. The summed E-state index contributed by atoms with van der Waals surface area (Å²) < 4.78 is 17.8. The third-order valence-electron chi connectivity index (χ3n) is 2.29. The van der Waals surface area contributed by atoms with Gasteiger partial charge in [0, 0.05) is 12.2 Å². The SMILES string of the molecule is CCCCCOCC(=O)c1ccc(F)cc1. The highest BCUT2D eigenvalue weighted by molar-refractivity contribution is 5.96. The fraction of sp³-hybridized carbons (Fsp3) is 0.462. The highest BCUT2D eigenvalue weighted by atomic mass is 19.1. The summed E-state index contributed by atoms with van der Waals surface area (Å²) in [6, 6.07) is 5.52. The third kappa shape index (κ3) is 4.53. The van der Waals surface area contributed by atoms with Crippen LogP contribution in [-0.2, 0) is 4.74 Å². The average molecular weight is 224 g/mol. The first-order valence-electron chi connectivity index (χ1n) is 5.60. The van der Waals surface area contributed by atoms with Crippen molar-refractivity contribution in [2.24, 2.45) is 0 Å². The third-order valence-corrected chi connectivity index (χ3v) is 2.29. The molecule has 2 nitrogen and oxygen atoms in total. The van der Waals surface area contributed by atoms with Gasteiger partial charge in [-0.05, 0) is 30.7 Å². The first-order chi connectivity index (χ1) is 7.74. The average Bonchev–Trinajstić information content (AvgIpc) is 2.29. The lowest BCUT2D eigenvalue weighted by Gasteiger charge is -2.03. The number of ether oxygens (including phenoxy) is 1. The van der Waals surface area contributed by atoms with Gasteiger partial charge in [0.05, 0.1) is 0 Å². The molecule has 1 aromatic carbocycles. The molecule has 0 aliphatic rings. The number of halogens is 1. The van der Waals surface area contributed by atoms with Crippen LogP contribution in [0.25, 0.3) is 0 Å². The summed E-state index contributed by atoms with van der Waals surface area (Å²) in [5.41, 5.74) is 0.497. The van der Waals surface area contributed by atoms with Crippen molar-refractivity contribution in [2.45, 2.75) is 26.2 Å². The maximum atomic E-state index is 12.6. The molecular weight excluding hydrogens is 207 g/mol. The second kappa shape index (κ2) is 7.12. The zero-order chi connectivity index (χ0) is 11.8. The van der Waals surface area contributed by atoms with E-state index in [0.29, 0.717) is 12.2 Å². The lowest BCUT2D eigenvalue weighted by atomic mass is 10.1. The van der Waals surface area contributed by atoms with E-state index in [0.717, 1.165) is 19.3 Å². The molecule has 0 aromatic heterocycles. The molecule has 16 heavy (non-hydrogen) atoms. The number of rotatable bonds is 7. The van der Waals surface area contributed by atoms with Gasteiger partial charge in [-0.25, -0.2) is 4.39 Å². The molecule has 0 fully saturated rings. The molecule has 88 valence electrons. The van der Waals surface area contributed by atoms with E-state index < -0.39 is 0 Å². The molecule has 0 N–H and O–H groups in total. The van der Waals surface area contributed by atoms with Gasteiger partial charge in [-0.3, -0.25) is 4.79 Å². The number of Topliss-reactive ketones (excluding diaryl/α,β-unsaturated/α-hetero) is 1. The predicted molar refractivity (Wildman–Crippen MR) is 61.1 cm³/mol. The fourth-order valence-corrected chi connectivity index (χ4v) is 1.34. The van der Waals surface area contributed by atoms with E-state index in [1.165, 1.54) is 24.3 Å². The van der Waals surface area contributed by atoms with Crippen LogP contribution in [0.1, 0.15) is 36.5 Å². The van der Waals surface area contributed by atoms with Crippen molar-refractivity contribution in [1.82, 2.24) is 0 Å². The summed E-state index contributed by atoms with van der Waals surface area (Å²) in [5.74, 6) is -0.433. The number of carbonyl (C=O) groups excluding carboxylic acids is 1. The maximum Gasteiger partial charge on any atom is 0.188 e. The van der Waals surface area contributed by atoms with Gasteiger partial charge in [-0.1, -0.05) is 19.8 Å². The number of carbonyl (C=O) groups is 1. The molecule has 0 aliphatic heterocycles. The molecule has 3 heteroatoms. The molecule has 0 bridgehead atoms. The lowest BCUT2D eigenvalue weighted by Crippen LogP contribution is -2.09. The monoisotopic (exact) mass is 224 g/mol. The van der Waals surface area contributed by atoms with Gasteiger partial charge in [-0.2, -0.15) is 0 Å². The van der Waals surface area contributed by atoms with Gasteiger partial charge in [-0.15, -0.1) is 0 Å². The van der Waals surface area contributed by atoms with Crippen LogP contribution < -0.4 is 0 Å². The van der Waals surface area contributed by atoms with Gasteiger partial charge in [0.25, 0.3) is 0 Å². The van der Waals surface area contributed by atoms with Crippen molar-refractivity contribution in [1.29, 1.82) is 0 Å². The molecule has 0 heterocycles. The summed E-state index contributed by atoms with van der Waals surface area (Å²) in [7, 11) is 0. The van der Waals surface area contributed by atoms with Crippen molar-refractivity contribution in [3.05, 3.63) is 35.6 Å². The molecule has 1 rings (SSSR count). The number of benzene rings is 1. The van der Waals surface area contributed by atoms with E-state index in [2.05, 4.69) is 6.92 Å². The molecule has 0 radical (unpaired) electrons. The Morgan fingerprint density at radius 1 is 1.25 bits per heavy atom. The summed E-state index contributed by atoms with van der Waals surface area (Å²) in [4.78, 5) is 11.5. The van der Waals surface area contributed by atoms with E-state index in [4.69, 9.17) is 4.74 Å².